The third-order valence-corrected chi connectivity index (χ3v) is 3.70. The highest BCUT2D eigenvalue weighted by Gasteiger charge is 2.36. The van der Waals surface area contributed by atoms with E-state index < -0.39 is 0 Å². The lowest BCUT2D eigenvalue weighted by Gasteiger charge is -2.17. The standard InChI is InChI=1S/C14H17NO2S/c1-3-11-12(14(16)17-2)8-15-13(11)9-4-6-10(18)7-5-9/h4-7,11-12,18H,3,8H2,1-2H3. The van der Waals surface area contributed by atoms with Crippen LogP contribution in [0.15, 0.2) is 34.2 Å². The fourth-order valence-electron chi connectivity index (χ4n) is 2.44. The number of carbonyl (C=O) groups excluding carboxylic acids is 1. The normalized spacial score (nSPS) is 22.7. The zero-order valence-corrected chi connectivity index (χ0v) is 11.5. The first-order chi connectivity index (χ1) is 8.67. The molecule has 1 heterocycles. The van der Waals surface area contributed by atoms with Crippen LogP contribution in [0.25, 0.3) is 0 Å². The molecule has 0 bridgehead atoms. The second-order valence-corrected chi connectivity index (χ2v) is 4.93. The number of thiol groups is 1. The number of esters is 1. The summed E-state index contributed by atoms with van der Waals surface area (Å²) in [6.45, 7) is 2.61. The molecule has 0 aromatic heterocycles. The first kappa shape index (κ1) is 13.1. The van der Waals surface area contributed by atoms with Gasteiger partial charge in [-0.05, 0) is 24.1 Å². The molecule has 0 aliphatic carbocycles. The molecule has 18 heavy (non-hydrogen) atoms. The summed E-state index contributed by atoms with van der Waals surface area (Å²) < 4.78 is 4.85. The summed E-state index contributed by atoms with van der Waals surface area (Å²) in [5.41, 5.74) is 2.09. The number of hydrogen-bond acceptors (Lipinski definition) is 4. The van der Waals surface area contributed by atoms with Gasteiger partial charge in [-0.1, -0.05) is 19.1 Å². The molecule has 3 nitrogen and oxygen atoms in total. The monoisotopic (exact) mass is 263 g/mol. The fourth-order valence-corrected chi connectivity index (χ4v) is 2.59. The Hall–Kier alpha value is -1.29. The van der Waals surface area contributed by atoms with Gasteiger partial charge in [0.1, 0.15) is 0 Å². The van der Waals surface area contributed by atoms with Crippen molar-refractivity contribution in [2.75, 3.05) is 13.7 Å². The van der Waals surface area contributed by atoms with Gasteiger partial charge < -0.3 is 4.74 Å². The maximum Gasteiger partial charge on any atom is 0.311 e. The molecule has 1 aromatic rings. The van der Waals surface area contributed by atoms with E-state index in [0.717, 1.165) is 22.6 Å². The lowest BCUT2D eigenvalue weighted by Crippen LogP contribution is -2.27. The Kier molecular flexibility index (Phi) is 4.07. The predicted molar refractivity (Wildman–Crippen MR) is 74.4 cm³/mol. The molecule has 0 spiro atoms. The van der Waals surface area contributed by atoms with Crippen molar-refractivity contribution in [3.63, 3.8) is 0 Å². The molecule has 2 rings (SSSR count). The molecule has 0 N–H and O–H groups in total. The topological polar surface area (TPSA) is 38.7 Å². The van der Waals surface area contributed by atoms with Gasteiger partial charge in [-0.25, -0.2) is 0 Å². The van der Waals surface area contributed by atoms with E-state index in [-0.39, 0.29) is 17.8 Å². The molecule has 1 aliphatic heterocycles. The van der Waals surface area contributed by atoms with Gasteiger partial charge in [0, 0.05) is 16.5 Å². The van der Waals surface area contributed by atoms with Gasteiger partial charge >= 0.3 is 5.97 Å². The minimum absolute atomic E-state index is 0.134. The van der Waals surface area contributed by atoms with Crippen molar-refractivity contribution in [3.8, 4) is 0 Å². The number of rotatable bonds is 3. The molecule has 0 amide bonds. The Balaban J connectivity index is 2.24. The van der Waals surface area contributed by atoms with Crippen LogP contribution >= 0.6 is 12.6 Å². The van der Waals surface area contributed by atoms with E-state index in [1.807, 2.05) is 24.3 Å². The summed E-state index contributed by atoms with van der Waals surface area (Å²) in [4.78, 5) is 17.2. The van der Waals surface area contributed by atoms with Crippen LogP contribution in [0, 0.1) is 11.8 Å². The fraction of sp³-hybridized carbons (Fsp3) is 0.429. The van der Waals surface area contributed by atoms with Gasteiger partial charge in [0.05, 0.1) is 19.6 Å². The van der Waals surface area contributed by atoms with Crippen molar-refractivity contribution >= 4 is 24.3 Å². The molecule has 2 atom stereocenters. The Bertz CT molecular complexity index is 467. The number of carbonyl (C=O) groups is 1. The van der Waals surface area contributed by atoms with Gasteiger partial charge in [0.15, 0.2) is 0 Å². The quantitative estimate of drug-likeness (QED) is 0.672. The second kappa shape index (κ2) is 5.57. The Labute approximate surface area is 113 Å². The lowest BCUT2D eigenvalue weighted by atomic mass is 9.86. The Morgan fingerprint density at radius 1 is 1.44 bits per heavy atom. The highest BCUT2D eigenvalue weighted by molar-refractivity contribution is 7.80. The zero-order chi connectivity index (χ0) is 13.1. The molecule has 96 valence electrons. The van der Waals surface area contributed by atoms with Gasteiger partial charge in [-0.15, -0.1) is 12.6 Å². The van der Waals surface area contributed by atoms with Crippen LogP contribution in [-0.2, 0) is 9.53 Å². The number of nitrogens with zero attached hydrogens (tertiary/aromatic N) is 1. The van der Waals surface area contributed by atoms with E-state index >= 15 is 0 Å². The number of benzene rings is 1. The van der Waals surface area contributed by atoms with Crippen LogP contribution in [0.4, 0.5) is 0 Å². The minimum Gasteiger partial charge on any atom is -0.469 e. The summed E-state index contributed by atoms with van der Waals surface area (Å²) in [7, 11) is 1.43. The van der Waals surface area contributed by atoms with Crippen LogP contribution in [0.3, 0.4) is 0 Å². The molecule has 4 heteroatoms. The maximum atomic E-state index is 11.7. The molecule has 0 saturated heterocycles. The molecule has 2 unspecified atom stereocenters. The molecule has 0 fully saturated rings. The van der Waals surface area contributed by atoms with Crippen LogP contribution in [0.1, 0.15) is 18.9 Å². The van der Waals surface area contributed by atoms with Crippen LogP contribution in [0.5, 0.6) is 0 Å². The number of aliphatic imine (C=N–C) groups is 1. The van der Waals surface area contributed by atoms with E-state index in [1.54, 1.807) is 0 Å². The first-order valence-corrected chi connectivity index (χ1v) is 6.53. The highest BCUT2D eigenvalue weighted by Crippen LogP contribution is 2.29. The van der Waals surface area contributed by atoms with E-state index in [4.69, 9.17) is 4.74 Å². The van der Waals surface area contributed by atoms with Crippen molar-refractivity contribution in [3.05, 3.63) is 29.8 Å². The summed E-state index contributed by atoms with van der Waals surface area (Å²) in [5.74, 6) is -0.139. The molecular weight excluding hydrogens is 246 g/mol. The van der Waals surface area contributed by atoms with E-state index in [2.05, 4.69) is 24.5 Å². The minimum atomic E-state index is -0.161. The number of ether oxygens (including phenoxy) is 1. The van der Waals surface area contributed by atoms with Gasteiger partial charge in [0.25, 0.3) is 0 Å². The molecule has 1 aliphatic rings. The number of methoxy groups -OCH3 is 1. The summed E-state index contributed by atoms with van der Waals surface area (Å²) >= 11 is 4.27. The molecule has 0 radical (unpaired) electrons. The average molecular weight is 263 g/mol. The molecule has 0 saturated carbocycles. The summed E-state index contributed by atoms with van der Waals surface area (Å²) in [6, 6.07) is 7.89. The van der Waals surface area contributed by atoms with Crippen molar-refractivity contribution in [1.82, 2.24) is 0 Å². The van der Waals surface area contributed by atoms with Crippen LogP contribution < -0.4 is 0 Å². The second-order valence-electron chi connectivity index (χ2n) is 4.42. The molecule has 1 aromatic carbocycles. The molecular formula is C14H17NO2S. The van der Waals surface area contributed by atoms with Crippen molar-refractivity contribution in [2.45, 2.75) is 18.2 Å². The van der Waals surface area contributed by atoms with E-state index in [1.165, 1.54) is 7.11 Å². The third-order valence-electron chi connectivity index (χ3n) is 3.40. The van der Waals surface area contributed by atoms with Crippen molar-refractivity contribution in [1.29, 1.82) is 0 Å². The lowest BCUT2D eigenvalue weighted by molar-refractivity contribution is -0.145. The smallest absolute Gasteiger partial charge is 0.311 e. The van der Waals surface area contributed by atoms with Gasteiger partial charge in [0.2, 0.25) is 0 Å². The predicted octanol–water partition coefficient (Wildman–Crippen LogP) is 2.59. The van der Waals surface area contributed by atoms with Crippen LogP contribution in [-0.4, -0.2) is 25.3 Å². The Morgan fingerprint density at radius 3 is 2.67 bits per heavy atom. The van der Waals surface area contributed by atoms with Crippen molar-refractivity contribution < 1.29 is 9.53 Å². The maximum absolute atomic E-state index is 11.7. The first-order valence-electron chi connectivity index (χ1n) is 6.09. The largest absolute Gasteiger partial charge is 0.469 e. The van der Waals surface area contributed by atoms with Crippen LogP contribution in [0.2, 0.25) is 0 Å². The van der Waals surface area contributed by atoms with Gasteiger partial charge in [-0.2, -0.15) is 0 Å². The Morgan fingerprint density at radius 2 is 2.11 bits per heavy atom. The van der Waals surface area contributed by atoms with E-state index in [0.29, 0.717) is 6.54 Å². The van der Waals surface area contributed by atoms with Crippen molar-refractivity contribution in [2.24, 2.45) is 16.8 Å². The summed E-state index contributed by atoms with van der Waals surface area (Å²) in [6.07, 6.45) is 0.890. The third kappa shape index (κ3) is 2.43. The zero-order valence-electron chi connectivity index (χ0n) is 10.6. The SMILES string of the molecule is CCC1C(c2ccc(S)cc2)=NCC1C(=O)OC. The summed E-state index contributed by atoms with van der Waals surface area (Å²) in [5, 5.41) is 0. The van der Waals surface area contributed by atoms with E-state index in [9.17, 15) is 4.79 Å². The van der Waals surface area contributed by atoms with Gasteiger partial charge in [-0.3, -0.25) is 9.79 Å². The average Bonchev–Trinajstić information content (AvgIpc) is 2.82. The highest BCUT2D eigenvalue weighted by atomic mass is 32.1. The number of hydrogen-bond donors (Lipinski definition) is 1.